The number of halogens is 2. The van der Waals surface area contributed by atoms with Gasteiger partial charge in [0.1, 0.15) is 0 Å². The molecule has 107 valence electrons. The minimum atomic E-state index is 0. The maximum Gasteiger partial charge on any atom is -1.00 e. The minimum Gasteiger partial charge on any atom is -1.00 e. The molecule has 1 unspecified atom stereocenters. The Hall–Kier alpha value is -0.0457. The zero-order valence-corrected chi connectivity index (χ0v) is 14.7. The molecule has 1 nitrogen and oxygen atoms in total. The Bertz CT molecular complexity index is 443. The number of hydrogen-bond donors (Lipinski definition) is 0. The van der Waals surface area contributed by atoms with Gasteiger partial charge in [-0.15, -0.1) is 0 Å². The molecule has 2 rings (SSSR count). The van der Waals surface area contributed by atoms with E-state index in [4.69, 9.17) is 4.74 Å². The van der Waals surface area contributed by atoms with E-state index in [9.17, 15) is 0 Å². The van der Waals surface area contributed by atoms with E-state index in [1.165, 1.54) is 15.0 Å². The summed E-state index contributed by atoms with van der Waals surface area (Å²) >= 11 is 2.21. The van der Waals surface area contributed by atoms with Crippen molar-refractivity contribution in [1.29, 1.82) is 0 Å². The molecule has 0 aliphatic heterocycles. The maximum atomic E-state index is 6.04. The molecule has 0 spiro atoms. The third-order valence-electron chi connectivity index (χ3n) is 3.10. The smallest absolute Gasteiger partial charge is 1.00 e. The van der Waals surface area contributed by atoms with Crippen LogP contribution in [0.4, 0.5) is 0 Å². The van der Waals surface area contributed by atoms with Crippen molar-refractivity contribution in [2.45, 2.75) is 32.3 Å². The number of hydrogen-bond acceptors (Lipinski definition) is 1. The second-order valence-corrected chi connectivity index (χ2v) is 5.53. The fourth-order valence-corrected chi connectivity index (χ4v) is 2.74. The summed E-state index contributed by atoms with van der Waals surface area (Å²) in [6, 6.07) is 10.6. The average Bonchev–Trinajstić information content (AvgIpc) is 2.82. The van der Waals surface area contributed by atoms with Gasteiger partial charge in [0, 0.05) is 0 Å². The quantitative estimate of drug-likeness (QED) is 0.531. The van der Waals surface area contributed by atoms with Gasteiger partial charge in [-0.3, -0.25) is 0 Å². The molecule has 1 atom stereocenters. The van der Waals surface area contributed by atoms with E-state index in [0.717, 1.165) is 25.9 Å². The Kier molecular flexibility index (Phi) is 10.6. The summed E-state index contributed by atoms with van der Waals surface area (Å²) < 4.78 is 7.49. The van der Waals surface area contributed by atoms with Crippen LogP contribution in [0.5, 0.6) is 0 Å². The molecule has 20 heavy (non-hydrogen) atoms. The molecule has 0 N–H and O–H groups in total. The van der Waals surface area contributed by atoms with Gasteiger partial charge in [-0.1, -0.05) is 0 Å². The van der Waals surface area contributed by atoms with Gasteiger partial charge in [-0.25, -0.2) is 0 Å². The third kappa shape index (κ3) is 5.75. The van der Waals surface area contributed by atoms with Crippen LogP contribution in [-0.2, 0) is 31.6 Å². The van der Waals surface area contributed by atoms with E-state index in [1.54, 1.807) is 0 Å². The Morgan fingerprint density at radius 1 is 1.20 bits per heavy atom. The molecule has 0 heterocycles. The number of rotatable bonds is 6. The van der Waals surface area contributed by atoms with Gasteiger partial charge < -0.3 is 24.8 Å². The van der Waals surface area contributed by atoms with Gasteiger partial charge in [-0.05, 0) is 0 Å². The van der Waals surface area contributed by atoms with Crippen molar-refractivity contribution < 1.29 is 50.0 Å². The Morgan fingerprint density at radius 2 is 1.90 bits per heavy atom. The summed E-state index contributed by atoms with van der Waals surface area (Å²) in [5.74, 6) is 0. The van der Waals surface area contributed by atoms with Crippen LogP contribution in [0.1, 0.15) is 25.3 Å². The number of ether oxygens (including phenoxy) is 1. The van der Waals surface area contributed by atoms with Gasteiger partial charge in [0.25, 0.3) is 0 Å². The Balaban J connectivity index is 0.00000180. The summed E-state index contributed by atoms with van der Waals surface area (Å²) in [5, 5.41) is 0. The van der Waals surface area contributed by atoms with Crippen molar-refractivity contribution in [2.75, 3.05) is 6.61 Å². The fourth-order valence-electron chi connectivity index (χ4n) is 2.17. The zero-order chi connectivity index (χ0) is 12.8. The Morgan fingerprint density at radius 3 is 2.45 bits per heavy atom. The van der Waals surface area contributed by atoms with Crippen molar-refractivity contribution in [1.82, 2.24) is 0 Å². The molecule has 4 heteroatoms. The molecule has 1 aliphatic carbocycles. The average molecular weight is 346 g/mol. The van der Waals surface area contributed by atoms with Crippen LogP contribution < -0.4 is 24.8 Å². The van der Waals surface area contributed by atoms with E-state index in [1.807, 2.05) is 0 Å². The maximum absolute atomic E-state index is 6.04. The Labute approximate surface area is 146 Å². The first kappa shape index (κ1) is 20.0. The molecular formula is C16H19Cl2OTi. The van der Waals surface area contributed by atoms with E-state index < -0.39 is 0 Å². The molecule has 1 aliphatic rings. The zero-order valence-electron chi connectivity index (χ0n) is 11.6. The topological polar surface area (TPSA) is 9.23 Å². The predicted octanol–water partition coefficient (Wildman–Crippen LogP) is -2.21. The first-order valence-electron chi connectivity index (χ1n) is 6.58. The first-order chi connectivity index (χ1) is 8.81. The number of allylic oxidation sites excluding steroid dienone is 2. The predicted molar refractivity (Wildman–Crippen MR) is 71.0 cm³/mol. The summed E-state index contributed by atoms with van der Waals surface area (Å²) in [5.41, 5.74) is 2.73. The van der Waals surface area contributed by atoms with Crippen LogP contribution in [0, 0.1) is 0 Å². The first-order valence-corrected chi connectivity index (χ1v) is 7.36. The van der Waals surface area contributed by atoms with Crippen molar-refractivity contribution in [3.8, 4) is 0 Å². The van der Waals surface area contributed by atoms with E-state index in [0.29, 0.717) is 0 Å². The molecule has 0 fully saturated rings. The molecule has 0 radical (unpaired) electrons. The second kappa shape index (κ2) is 10.6. The molecule has 0 bridgehead atoms. The molecule has 0 saturated carbocycles. The van der Waals surface area contributed by atoms with Gasteiger partial charge in [0.2, 0.25) is 0 Å². The molecule has 0 aromatic heterocycles. The van der Waals surface area contributed by atoms with Crippen LogP contribution in [-0.4, -0.2) is 12.7 Å². The molecule has 1 aromatic carbocycles. The molecule has 1 aromatic rings. The van der Waals surface area contributed by atoms with Gasteiger partial charge >= 0.3 is 122 Å². The molecular weight excluding hydrogens is 327 g/mol. The van der Waals surface area contributed by atoms with E-state index >= 15 is 0 Å². The van der Waals surface area contributed by atoms with E-state index in [2.05, 4.69) is 69.8 Å². The van der Waals surface area contributed by atoms with Crippen LogP contribution in [0.2, 0.25) is 0 Å². The van der Waals surface area contributed by atoms with Crippen LogP contribution in [0.15, 0.2) is 51.9 Å². The standard InChI is InChI=1S/C16H19O.2ClH.Ti/c1-2-12-17-16(15-10-6-7-11-15)13-14-8-4-3-5-9-14;;;/h3-6,8-10,16H,2,7,12-13H2,1H3;2*1H;/q;;;+2/p-2. The minimum absolute atomic E-state index is 0. The van der Waals surface area contributed by atoms with Gasteiger partial charge in [-0.2, -0.15) is 0 Å². The van der Waals surface area contributed by atoms with Crippen molar-refractivity contribution >= 4 is 0 Å². The summed E-state index contributed by atoms with van der Waals surface area (Å²) in [4.78, 5) is 0. The van der Waals surface area contributed by atoms with Crippen LogP contribution >= 0.6 is 0 Å². The summed E-state index contributed by atoms with van der Waals surface area (Å²) in [7, 11) is 0. The van der Waals surface area contributed by atoms with Crippen molar-refractivity contribution in [3.05, 3.63) is 57.5 Å². The van der Waals surface area contributed by atoms with Gasteiger partial charge in [0.05, 0.1) is 0 Å². The fraction of sp³-hybridized carbons (Fsp3) is 0.375. The second-order valence-electron chi connectivity index (χ2n) is 4.59. The molecule has 0 saturated heterocycles. The summed E-state index contributed by atoms with van der Waals surface area (Å²) in [6.07, 6.45) is 7.80. The third-order valence-corrected chi connectivity index (χ3v) is 3.87. The van der Waals surface area contributed by atoms with Crippen molar-refractivity contribution in [2.24, 2.45) is 0 Å². The SMILES string of the molecule is CCCOC(Cc1ccccc1)C1=[C]([Ti+2])CC=C1.[Cl-].[Cl-]. The normalized spacial score (nSPS) is 14.8. The van der Waals surface area contributed by atoms with Crippen LogP contribution in [0.25, 0.3) is 0 Å². The monoisotopic (exact) mass is 345 g/mol. The van der Waals surface area contributed by atoms with Gasteiger partial charge in [0.15, 0.2) is 0 Å². The van der Waals surface area contributed by atoms with Crippen molar-refractivity contribution in [3.63, 3.8) is 0 Å². The molecule has 0 amide bonds. The van der Waals surface area contributed by atoms with E-state index in [-0.39, 0.29) is 30.9 Å². The number of benzene rings is 1. The summed E-state index contributed by atoms with van der Waals surface area (Å²) in [6.45, 7) is 2.99. The van der Waals surface area contributed by atoms with Crippen LogP contribution in [0.3, 0.4) is 0 Å². The largest absolute Gasteiger partial charge is 1.00 e.